The second kappa shape index (κ2) is 10.7. The maximum atomic E-state index is 13.0. The van der Waals surface area contributed by atoms with Crippen LogP contribution >= 0.6 is 0 Å². The summed E-state index contributed by atoms with van der Waals surface area (Å²) in [5.41, 5.74) is 5.63. The van der Waals surface area contributed by atoms with Gasteiger partial charge < -0.3 is 20.9 Å². The molecule has 2 heterocycles. The molecule has 0 unspecified atom stereocenters. The highest BCUT2D eigenvalue weighted by atomic mass is 16.2. The number of nitrogens with one attached hydrogen (secondary N) is 3. The third-order valence-electron chi connectivity index (χ3n) is 6.90. The quantitative estimate of drug-likeness (QED) is 0.449. The summed E-state index contributed by atoms with van der Waals surface area (Å²) in [6.45, 7) is 4.76. The molecule has 180 valence electrons. The first-order chi connectivity index (χ1) is 17.2. The molecule has 2 aliphatic rings. The van der Waals surface area contributed by atoms with E-state index >= 15 is 0 Å². The van der Waals surface area contributed by atoms with Gasteiger partial charge in [-0.05, 0) is 73.0 Å². The fourth-order valence-electron chi connectivity index (χ4n) is 4.99. The average Bonchev–Trinajstić information content (AvgIpc) is 3.10. The molecule has 3 N–H and O–H groups in total. The Morgan fingerprint density at radius 1 is 0.886 bits per heavy atom. The van der Waals surface area contributed by atoms with Crippen LogP contribution < -0.4 is 16.0 Å². The summed E-state index contributed by atoms with van der Waals surface area (Å²) in [5.74, 6) is -0.382. The molecule has 0 spiro atoms. The van der Waals surface area contributed by atoms with Crippen LogP contribution in [-0.4, -0.2) is 42.9 Å². The van der Waals surface area contributed by atoms with E-state index in [-0.39, 0.29) is 11.8 Å². The first-order valence-corrected chi connectivity index (χ1v) is 12.6. The molecule has 1 saturated heterocycles. The number of benzene rings is 3. The standard InChI is InChI=1S/C29H32N4O2/c34-28(22-10-12-23(13-11-22)30-16-19-33-17-6-1-2-7-18-33)32-26-15-14-24(21-8-4-3-5-9-21)25-20-31-29(35)27(25)26/h3-5,8-15,30H,1-2,6-7,16-20H2,(H,31,35)(H,32,34). The van der Waals surface area contributed by atoms with E-state index in [1.807, 2.05) is 66.7 Å². The number of hydrogen-bond donors (Lipinski definition) is 3. The van der Waals surface area contributed by atoms with Crippen LogP contribution in [0.5, 0.6) is 0 Å². The van der Waals surface area contributed by atoms with Gasteiger partial charge in [0, 0.05) is 30.9 Å². The summed E-state index contributed by atoms with van der Waals surface area (Å²) in [7, 11) is 0. The molecule has 0 bridgehead atoms. The Hall–Kier alpha value is -3.64. The van der Waals surface area contributed by atoms with Crippen LogP contribution in [0.1, 0.15) is 52.0 Å². The van der Waals surface area contributed by atoms with Crippen LogP contribution in [0.3, 0.4) is 0 Å². The molecule has 2 amide bonds. The molecule has 0 radical (unpaired) electrons. The summed E-state index contributed by atoms with van der Waals surface area (Å²) in [4.78, 5) is 28.1. The molecule has 5 rings (SSSR count). The summed E-state index contributed by atoms with van der Waals surface area (Å²) in [6, 6.07) is 21.3. The zero-order valence-corrected chi connectivity index (χ0v) is 20.0. The molecule has 0 saturated carbocycles. The van der Waals surface area contributed by atoms with E-state index in [0.717, 1.165) is 35.5 Å². The maximum absolute atomic E-state index is 13.0. The lowest BCUT2D eigenvalue weighted by atomic mass is 9.95. The number of fused-ring (bicyclic) bond motifs is 1. The van der Waals surface area contributed by atoms with Gasteiger partial charge in [0.25, 0.3) is 11.8 Å². The number of anilines is 2. The molecular formula is C29H32N4O2. The zero-order valence-electron chi connectivity index (χ0n) is 20.0. The van der Waals surface area contributed by atoms with E-state index in [2.05, 4.69) is 20.9 Å². The molecule has 6 nitrogen and oxygen atoms in total. The van der Waals surface area contributed by atoms with Crippen LogP contribution in [0.2, 0.25) is 0 Å². The minimum Gasteiger partial charge on any atom is -0.384 e. The summed E-state index contributed by atoms with van der Waals surface area (Å²) in [5, 5.41) is 9.32. The van der Waals surface area contributed by atoms with Crippen LogP contribution in [0.25, 0.3) is 11.1 Å². The van der Waals surface area contributed by atoms with Gasteiger partial charge in [-0.15, -0.1) is 0 Å². The Balaban J connectivity index is 1.23. The van der Waals surface area contributed by atoms with E-state index in [1.54, 1.807) is 0 Å². The van der Waals surface area contributed by atoms with Crippen LogP contribution in [0.15, 0.2) is 66.7 Å². The van der Waals surface area contributed by atoms with Crippen molar-refractivity contribution in [1.82, 2.24) is 10.2 Å². The minimum atomic E-state index is -0.226. The first-order valence-electron chi connectivity index (χ1n) is 12.6. The van der Waals surface area contributed by atoms with Crippen molar-refractivity contribution in [2.24, 2.45) is 0 Å². The second-order valence-corrected chi connectivity index (χ2v) is 9.28. The molecule has 1 fully saturated rings. The third-order valence-corrected chi connectivity index (χ3v) is 6.90. The van der Waals surface area contributed by atoms with Crippen molar-refractivity contribution >= 4 is 23.2 Å². The van der Waals surface area contributed by atoms with Gasteiger partial charge in [-0.3, -0.25) is 9.59 Å². The molecule has 0 aliphatic carbocycles. The van der Waals surface area contributed by atoms with Crippen molar-refractivity contribution in [1.29, 1.82) is 0 Å². The Bertz CT molecular complexity index is 1180. The smallest absolute Gasteiger partial charge is 0.255 e. The lowest BCUT2D eigenvalue weighted by Crippen LogP contribution is -2.29. The zero-order chi connectivity index (χ0) is 24.0. The number of amides is 2. The second-order valence-electron chi connectivity index (χ2n) is 9.28. The van der Waals surface area contributed by atoms with Gasteiger partial charge in [0.15, 0.2) is 0 Å². The highest BCUT2D eigenvalue weighted by molar-refractivity contribution is 6.11. The number of rotatable bonds is 7. The normalized spacial score (nSPS) is 15.7. The Labute approximate surface area is 206 Å². The van der Waals surface area contributed by atoms with Gasteiger partial charge in [-0.1, -0.05) is 49.2 Å². The van der Waals surface area contributed by atoms with Crippen LogP contribution in [-0.2, 0) is 6.54 Å². The highest BCUT2D eigenvalue weighted by Crippen LogP contribution is 2.34. The molecule has 0 atom stereocenters. The summed E-state index contributed by atoms with van der Waals surface area (Å²) < 4.78 is 0. The number of carbonyl (C=O) groups is 2. The molecule has 3 aromatic rings. The van der Waals surface area contributed by atoms with Crippen molar-refractivity contribution in [3.63, 3.8) is 0 Å². The monoisotopic (exact) mass is 468 g/mol. The molecule has 2 aliphatic heterocycles. The number of carbonyl (C=O) groups excluding carboxylic acids is 2. The van der Waals surface area contributed by atoms with Crippen molar-refractivity contribution in [3.05, 3.63) is 83.4 Å². The van der Waals surface area contributed by atoms with Crippen molar-refractivity contribution < 1.29 is 9.59 Å². The van der Waals surface area contributed by atoms with E-state index in [4.69, 9.17) is 0 Å². The lowest BCUT2D eigenvalue weighted by molar-refractivity contribution is 0.0966. The Kier molecular flexibility index (Phi) is 7.09. The van der Waals surface area contributed by atoms with Gasteiger partial charge in [-0.2, -0.15) is 0 Å². The summed E-state index contributed by atoms with van der Waals surface area (Å²) in [6.07, 6.45) is 5.28. The SMILES string of the molecule is O=C(Nc1ccc(-c2ccccc2)c2c1C(=O)NC2)c1ccc(NCCN2CCCCCC2)cc1. The Morgan fingerprint density at radius 3 is 2.37 bits per heavy atom. The van der Waals surface area contributed by atoms with E-state index in [1.165, 1.54) is 38.8 Å². The van der Waals surface area contributed by atoms with Gasteiger partial charge in [-0.25, -0.2) is 0 Å². The lowest BCUT2D eigenvalue weighted by Gasteiger charge is -2.20. The topological polar surface area (TPSA) is 73.5 Å². The predicted molar refractivity (Wildman–Crippen MR) is 141 cm³/mol. The van der Waals surface area contributed by atoms with E-state index in [9.17, 15) is 9.59 Å². The predicted octanol–water partition coefficient (Wildman–Crippen LogP) is 5.14. The number of nitrogens with zero attached hydrogens (tertiary/aromatic N) is 1. The van der Waals surface area contributed by atoms with Crippen LogP contribution in [0.4, 0.5) is 11.4 Å². The minimum absolute atomic E-state index is 0.156. The van der Waals surface area contributed by atoms with Gasteiger partial charge in [0.1, 0.15) is 0 Å². The highest BCUT2D eigenvalue weighted by Gasteiger charge is 2.26. The number of hydrogen-bond acceptors (Lipinski definition) is 4. The maximum Gasteiger partial charge on any atom is 0.255 e. The molecule has 3 aromatic carbocycles. The Morgan fingerprint density at radius 2 is 1.63 bits per heavy atom. The first kappa shape index (κ1) is 23.1. The van der Waals surface area contributed by atoms with Gasteiger partial charge in [0.05, 0.1) is 11.3 Å². The molecular weight excluding hydrogens is 436 g/mol. The van der Waals surface area contributed by atoms with E-state index in [0.29, 0.717) is 23.4 Å². The fourth-order valence-corrected chi connectivity index (χ4v) is 4.99. The number of likely N-dealkylation sites (tertiary alicyclic amines) is 1. The molecule has 6 heteroatoms. The largest absolute Gasteiger partial charge is 0.384 e. The van der Waals surface area contributed by atoms with E-state index < -0.39 is 0 Å². The average molecular weight is 469 g/mol. The van der Waals surface area contributed by atoms with Crippen molar-refractivity contribution in [2.45, 2.75) is 32.2 Å². The van der Waals surface area contributed by atoms with Crippen molar-refractivity contribution in [3.8, 4) is 11.1 Å². The van der Waals surface area contributed by atoms with Gasteiger partial charge >= 0.3 is 0 Å². The van der Waals surface area contributed by atoms with Crippen LogP contribution in [0, 0.1) is 0 Å². The molecule has 35 heavy (non-hydrogen) atoms. The van der Waals surface area contributed by atoms with Gasteiger partial charge in [0.2, 0.25) is 0 Å². The molecule has 0 aromatic heterocycles. The summed E-state index contributed by atoms with van der Waals surface area (Å²) >= 11 is 0. The van der Waals surface area contributed by atoms with Crippen molar-refractivity contribution in [2.75, 3.05) is 36.8 Å². The third kappa shape index (κ3) is 5.38. The fraction of sp³-hybridized carbons (Fsp3) is 0.310.